The van der Waals surface area contributed by atoms with Gasteiger partial charge in [0.15, 0.2) is 0 Å². The van der Waals surface area contributed by atoms with Gasteiger partial charge in [-0.05, 0) is 27.6 Å². The zero-order chi connectivity index (χ0) is 13.7. The Bertz CT molecular complexity index is 543. The van der Waals surface area contributed by atoms with Crippen molar-refractivity contribution >= 4 is 21.6 Å². The lowest BCUT2D eigenvalue weighted by Crippen LogP contribution is -2.02. The molecule has 0 unspecified atom stereocenters. The Morgan fingerprint density at radius 2 is 1.68 bits per heavy atom. The van der Waals surface area contributed by atoms with Gasteiger partial charge < -0.3 is 14.8 Å². The van der Waals surface area contributed by atoms with Crippen LogP contribution >= 0.6 is 15.9 Å². The largest absolute Gasteiger partial charge is 0.495 e. The van der Waals surface area contributed by atoms with Crippen LogP contribution in [-0.2, 0) is 6.54 Å². The number of benzene rings is 2. The van der Waals surface area contributed by atoms with Crippen LogP contribution in [0.1, 0.15) is 5.56 Å². The fourth-order valence-corrected chi connectivity index (χ4v) is 2.30. The monoisotopic (exact) mass is 321 g/mol. The molecular weight excluding hydrogens is 306 g/mol. The van der Waals surface area contributed by atoms with Crippen LogP contribution in [-0.4, -0.2) is 14.2 Å². The molecule has 0 saturated heterocycles. The van der Waals surface area contributed by atoms with E-state index < -0.39 is 0 Å². The summed E-state index contributed by atoms with van der Waals surface area (Å²) < 4.78 is 11.5. The van der Waals surface area contributed by atoms with Gasteiger partial charge in [0.05, 0.1) is 24.4 Å². The maximum absolute atomic E-state index is 5.37. The molecule has 3 nitrogen and oxygen atoms in total. The standard InChI is InChI=1S/C15H16BrNO2/c1-18-14-9-15(19-2)13(8-12(14)16)17-10-11-6-4-3-5-7-11/h3-9,17H,10H2,1-2H3. The number of hydrogen-bond donors (Lipinski definition) is 1. The topological polar surface area (TPSA) is 30.5 Å². The molecule has 0 radical (unpaired) electrons. The van der Waals surface area contributed by atoms with Crippen molar-refractivity contribution in [3.63, 3.8) is 0 Å². The normalized spacial score (nSPS) is 10.1. The molecule has 0 amide bonds. The third-order valence-corrected chi connectivity index (χ3v) is 3.42. The number of hydrogen-bond acceptors (Lipinski definition) is 3. The molecule has 0 spiro atoms. The first-order valence-electron chi connectivity index (χ1n) is 5.94. The van der Waals surface area contributed by atoms with Crippen molar-refractivity contribution in [2.75, 3.05) is 19.5 Å². The molecule has 4 heteroatoms. The van der Waals surface area contributed by atoms with Gasteiger partial charge in [0.25, 0.3) is 0 Å². The van der Waals surface area contributed by atoms with E-state index in [0.29, 0.717) is 0 Å². The second kappa shape index (κ2) is 6.48. The molecule has 0 bridgehead atoms. The van der Waals surface area contributed by atoms with Gasteiger partial charge in [-0.3, -0.25) is 0 Å². The van der Waals surface area contributed by atoms with Crippen molar-refractivity contribution in [2.45, 2.75) is 6.54 Å². The Hall–Kier alpha value is -1.68. The smallest absolute Gasteiger partial charge is 0.145 e. The van der Waals surface area contributed by atoms with Gasteiger partial charge in [0, 0.05) is 12.6 Å². The Labute approximate surface area is 121 Å². The van der Waals surface area contributed by atoms with Gasteiger partial charge >= 0.3 is 0 Å². The maximum atomic E-state index is 5.37. The molecule has 19 heavy (non-hydrogen) atoms. The summed E-state index contributed by atoms with van der Waals surface area (Å²) in [6.07, 6.45) is 0. The summed E-state index contributed by atoms with van der Waals surface area (Å²) in [7, 11) is 3.28. The van der Waals surface area contributed by atoms with E-state index in [1.54, 1.807) is 14.2 Å². The zero-order valence-electron chi connectivity index (χ0n) is 10.9. The Balaban J connectivity index is 2.18. The van der Waals surface area contributed by atoms with Crippen molar-refractivity contribution in [1.82, 2.24) is 0 Å². The number of ether oxygens (including phenoxy) is 2. The first-order valence-corrected chi connectivity index (χ1v) is 6.73. The number of nitrogens with one attached hydrogen (secondary N) is 1. The van der Waals surface area contributed by atoms with Crippen LogP contribution in [0.25, 0.3) is 0 Å². The van der Waals surface area contributed by atoms with Gasteiger partial charge in [0.1, 0.15) is 11.5 Å². The van der Waals surface area contributed by atoms with Crippen LogP contribution in [0.15, 0.2) is 46.9 Å². The highest BCUT2D eigenvalue weighted by molar-refractivity contribution is 9.10. The lowest BCUT2D eigenvalue weighted by atomic mass is 10.2. The minimum absolute atomic E-state index is 0.746. The highest BCUT2D eigenvalue weighted by Crippen LogP contribution is 2.36. The van der Waals surface area contributed by atoms with Crippen molar-refractivity contribution in [3.8, 4) is 11.5 Å². The molecular formula is C15H16BrNO2. The average molecular weight is 322 g/mol. The van der Waals surface area contributed by atoms with Gasteiger partial charge in [-0.1, -0.05) is 30.3 Å². The molecule has 0 aliphatic rings. The fourth-order valence-electron chi connectivity index (χ4n) is 1.79. The summed E-state index contributed by atoms with van der Waals surface area (Å²) in [4.78, 5) is 0. The Morgan fingerprint density at radius 3 is 2.32 bits per heavy atom. The molecule has 0 aromatic heterocycles. The molecule has 0 fully saturated rings. The minimum Gasteiger partial charge on any atom is -0.495 e. The third kappa shape index (κ3) is 3.41. The van der Waals surface area contributed by atoms with Crippen LogP contribution in [0.3, 0.4) is 0 Å². The lowest BCUT2D eigenvalue weighted by Gasteiger charge is -2.14. The lowest BCUT2D eigenvalue weighted by molar-refractivity contribution is 0.393. The van der Waals surface area contributed by atoms with Gasteiger partial charge in [-0.15, -0.1) is 0 Å². The van der Waals surface area contributed by atoms with E-state index >= 15 is 0 Å². The van der Waals surface area contributed by atoms with Crippen molar-refractivity contribution in [3.05, 3.63) is 52.5 Å². The number of halogens is 1. The molecule has 1 N–H and O–H groups in total. The predicted molar refractivity (Wildman–Crippen MR) is 81.0 cm³/mol. The fraction of sp³-hybridized carbons (Fsp3) is 0.200. The summed E-state index contributed by atoms with van der Waals surface area (Å²) in [5, 5.41) is 3.36. The first kappa shape index (κ1) is 13.7. The highest BCUT2D eigenvalue weighted by Gasteiger charge is 2.09. The van der Waals surface area contributed by atoms with E-state index in [1.165, 1.54) is 5.56 Å². The van der Waals surface area contributed by atoms with Gasteiger partial charge in [-0.25, -0.2) is 0 Å². The van der Waals surface area contributed by atoms with Crippen molar-refractivity contribution in [2.24, 2.45) is 0 Å². The molecule has 2 aromatic rings. The minimum atomic E-state index is 0.746. The maximum Gasteiger partial charge on any atom is 0.145 e. The average Bonchev–Trinajstić information content (AvgIpc) is 2.46. The molecule has 0 saturated carbocycles. The van der Waals surface area contributed by atoms with Gasteiger partial charge in [-0.2, -0.15) is 0 Å². The summed E-state index contributed by atoms with van der Waals surface area (Å²) in [5.41, 5.74) is 2.15. The number of rotatable bonds is 5. The Morgan fingerprint density at radius 1 is 1.00 bits per heavy atom. The highest BCUT2D eigenvalue weighted by atomic mass is 79.9. The van der Waals surface area contributed by atoms with Crippen LogP contribution in [0, 0.1) is 0 Å². The Kier molecular flexibility index (Phi) is 4.68. The summed E-state index contributed by atoms with van der Waals surface area (Å²) >= 11 is 3.48. The second-order valence-electron chi connectivity index (χ2n) is 4.03. The second-order valence-corrected chi connectivity index (χ2v) is 4.88. The van der Waals surface area contributed by atoms with Crippen LogP contribution < -0.4 is 14.8 Å². The van der Waals surface area contributed by atoms with Crippen LogP contribution in [0.5, 0.6) is 11.5 Å². The van der Waals surface area contributed by atoms with E-state index in [0.717, 1.165) is 28.2 Å². The van der Waals surface area contributed by atoms with Gasteiger partial charge in [0.2, 0.25) is 0 Å². The van der Waals surface area contributed by atoms with E-state index in [4.69, 9.17) is 9.47 Å². The summed E-state index contributed by atoms with van der Waals surface area (Å²) in [5.74, 6) is 1.51. The van der Waals surface area contributed by atoms with Crippen LogP contribution in [0.2, 0.25) is 0 Å². The molecule has 2 rings (SSSR count). The van der Waals surface area contributed by atoms with E-state index in [2.05, 4.69) is 33.4 Å². The molecule has 2 aromatic carbocycles. The third-order valence-electron chi connectivity index (χ3n) is 2.80. The molecule has 0 atom stereocenters. The molecule has 0 aliphatic carbocycles. The van der Waals surface area contributed by atoms with E-state index in [-0.39, 0.29) is 0 Å². The molecule has 0 aliphatic heterocycles. The zero-order valence-corrected chi connectivity index (χ0v) is 12.5. The van der Waals surface area contributed by atoms with Crippen LogP contribution in [0.4, 0.5) is 5.69 Å². The van der Waals surface area contributed by atoms with E-state index in [1.807, 2.05) is 30.3 Å². The number of methoxy groups -OCH3 is 2. The molecule has 100 valence electrons. The molecule has 0 heterocycles. The SMILES string of the molecule is COc1cc(OC)c(NCc2ccccc2)cc1Br. The first-order chi connectivity index (χ1) is 9.24. The summed E-state index contributed by atoms with van der Waals surface area (Å²) in [6.45, 7) is 0.746. The summed E-state index contributed by atoms with van der Waals surface area (Å²) in [6, 6.07) is 14.0. The quantitative estimate of drug-likeness (QED) is 0.900. The van der Waals surface area contributed by atoms with Crippen molar-refractivity contribution < 1.29 is 9.47 Å². The van der Waals surface area contributed by atoms with E-state index in [9.17, 15) is 0 Å². The van der Waals surface area contributed by atoms with Crippen molar-refractivity contribution in [1.29, 1.82) is 0 Å². The predicted octanol–water partition coefficient (Wildman–Crippen LogP) is 4.08. The number of anilines is 1.